The van der Waals surface area contributed by atoms with Gasteiger partial charge in [-0.05, 0) is 24.3 Å². The van der Waals surface area contributed by atoms with Crippen molar-refractivity contribution >= 4 is 21.8 Å². The maximum Gasteiger partial charge on any atom is 0.156 e. The smallest absolute Gasteiger partial charge is 0.156 e. The first-order chi connectivity index (χ1) is 8.16. The summed E-state index contributed by atoms with van der Waals surface area (Å²) in [7, 11) is 0. The molecule has 4 nitrogen and oxygen atoms in total. The van der Waals surface area contributed by atoms with Crippen molar-refractivity contribution < 1.29 is 4.74 Å². The summed E-state index contributed by atoms with van der Waals surface area (Å²) < 4.78 is 6.56. The lowest BCUT2D eigenvalue weighted by Crippen LogP contribution is -2.12. The molecule has 0 aliphatic heterocycles. The van der Waals surface area contributed by atoms with Gasteiger partial charge in [0.2, 0.25) is 0 Å². The molecule has 1 aromatic heterocycles. The van der Waals surface area contributed by atoms with E-state index in [1.54, 1.807) is 12.3 Å². The van der Waals surface area contributed by atoms with E-state index in [0.717, 1.165) is 4.47 Å². The molecule has 0 amide bonds. The Hall–Kier alpha value is -1.88. The number of halogens is 1. The van der Waals surface area contributed by atoms with Gasteiger partial charge >= 0.3 is 0 Å². The van der Waals surface area contributed by atoms with E-state index in [9.17, 15) is 0 Å². The summed E-state index contributed by atoms with van der Waals surface area (Å²) in [5, 5.41) is 7.45. The highest BCUT2D eigenvalue weighted by molar-refractivity contribution is 9.10. The minimum atomic E-state index is -0.0441. The van der Waals surface area contributed by atoms with Gasteiger partial charge in [0.25, 0.3) is 0 Å². The number of pyridine rings is 1. The SMILES string of the molecule is N=C(N)c1ccncc1Oc1cccc(Br)c1. The fraction of sp³-hybridized carbons (Fsp3) is 0. The van der Waals surface area contributed by atoms with Crippen molar-refractivity contribution in [2.24, 2.45) is 5.73 Å². The van der Waals surface area contributed by atoms with Crippen LogP contribution in [0.1, 0.15) is 5.56 Å². The molecule has 0 radical (unpaired) electrons. The maximum absolute atomic E-state index is 7.45. The molecule has 0 spiro atoms. The average Bonchev–Trinajstić information content (AvgIpc) is 2.29. The number of nitrogens with one attached hydrogen (secondary N) is 1. The number of hydrogen-bond donors (Lipinski definition) is 2. The van der Waals surface area contributed by atoms with Gasteiger partial charge in [-0.25, -0.2) is 0 Å². The first-order valence-corrected chi connectivity index (χ1v) is 5.68. The van der Waals surface area contributed by atoms with Gasteiger partial charge < -0.3 is 10.5 Å². The Morgan fingerprint density at radius 2 is 2.18 bits per heavy atom. The summed E-state index contributed by atoms with van der Waals surface area (Å²) in [6.07, 6.45) is 3.11. The summed E-state index contributed by atoms with van der Waals surface area (Å²) >= 11 is 3.36. The van der Waals surface area contributed by atoms with Crippen LogP contribution in [-0.4, -0.2) is 10.8 Å². The minimum Gasteiger partial charge on any atom is -0.455 e. The van der Waals surface area contributed by atoms with Gasteiger partial charge in [-0.15, -0.1) is 0 Å². The second kappa shape index (κ2) is 4.97. The molecule has 0 saturated carbocycles. The van der Waals surface area contributed by atoms with Crippen LogP contribution >= 0.6 is 15.9 Å². The summed E-state index contributed by atoms with van der Waals surface area (Å²) in [6.45, 7) is 0. The highest BCUT2D eigenvalue weighted by atomic mass is 79.9. The summed E-state index contributed by atoms with van der Waals surface area (Å²) in [6, 6.07) is 9.07. The topological polar surface area (TPSA) is 72.0 Å². The number of nitrogens with two attached hydrogens (primary N) is 1. The van der Waals surface area contributed by atoms with Gasteiger partial charge in [-0.1, -0.05) is 22.0 Å². The molecule has 2 aromatic rings. The Kier molecular flexibility index (Phi) is 3.39. The van der Waals surface area contributed by atoms with Crippen LogP contribution in [0.3, 0.4) is 0 Å². The number of benzene rings is 1. The average molecular weight is 292 g/mol. The van der Waals surface area contributed by atoms with Gasteiger partial charge in [-0.3, -0.25) is 10.4 Å². The first-order valence-electron chi connectivity index (χ1n) is 4.88. The van der Waals surface area contributed by atoms with Crippen LogP contribution < -0.4 is 10.5 Å². The molecule has 0 saturated heterocycles. The van der Waals surface area contributed by atoms with Crippen LogP contribution in [0, 0.1) is 5.41 Å². The zero-order chi connectivity index (χ0) is 12.3. The lowest BCUT2D eigenvalue weighted by atomic mass is 10.2. The minimum absolute atomic E-state index is 0.0441. The van der Waals surface area contributed by atoms with E-state index in [-0.39, 0.29) is 5.84 Å². The van der Waals surface area contributed by atoms with Crippen LogP contribution in [0.2, 0.25) is 0 Å². The molecular formula is C12H10BrN3O. The Morgan fingerprint density at radius 1 is 1.35 bits per heavy atom. The van der Waals surface area contributed by atoms with Gasteiger partial charge in [0.1, 0.15) is 11.6 Å². The standard InChI is InChI=1S/C12H10BrN3O/c13-8-2-1-3-9(6-8)17-11-7-16-5-4-10(11)12(14)15/h1-7H,(H3,14,15). The number of rotatable bonds is 3. The van der Waals surface area contributed by atoms with Gasteiger partial charge in [0, 0.05) is 10.7 Å². The molecule has 0 fully saturated rings. The van der Waals surface area contributed by atoms with Gasteiger partial charge in [0.05, 0.1) is 11.8 Å². The van der Waals surface area contributed by atoms with E-state index in [1.807, 2.05) is 24.3 Å². The van der Waals surface area contributed by atoms with Crippen molar-refractivity contribution in [2.75, 3.05) is 0 Å². The third-order valence-corrected chi connectivity index (χ3v) is 2.59. The van der Waals surface area contributed by atoms with Crippen molar-refractivity contribution in [1.29, 1.82) is 5.41 Å². The van der Waals surface area contributed by atoms with Crippen molar-refractivity contribution in [3.05, 3.63) is 52.8 Å². The third kappa shape index (κ3) is 2.82. The molecule has 3 N–H and O–H groups in total. The Bertz CT molecular complexity index is 557. The highest BCUT2D eigenvalue weighted by Gasteiger charge is 2.07. The lowest BCUT2D eigenvalue weighted by Gasteiger charge is -2.09. The normalized spacial score (nSPS) is 9.94. The largest absolute Gasteiger partial charge is 0.455 e. The van der Waals surface area contributed by atoms with E-state index >= 15 is 0 Å². The monoisotopic (exact) mass is 291 g/mol. The zero-order valence-electron chi connectivity index (χ0n) is 8.85. The number of nitrogen functional groups attached to an aromatic ring is 1. The van der Waals surface area contributed by atoms with E-state index < -0.39 is 0 Å². The summed E-state index contributed by atoms with van der Waals surface area (Å²) in [4.78, 5) is 3.96. The number of hydrogen-bond acceptors (Lipinski definition) is 3. The van der Waals surface area contributed by atoms with Crippen molar-refractivity contribution in [3.8, 4) is 11.5 Å². The second-order valence-corrected chi connectivity index (χ2v) is 4.26. The van der Waals surface area contributed by atoms with E-state index in [0.29, 0.717) is 17.1 Å². The number of nitrogens with zero attached hydrogens (tertiary/aromatic N) is 1. The quantitative estimate of drug-likeness (QED) is 0.675. The molecule has 0 atom stereocenters. The predicted molar refractivity (Wildman–Crippen MR) is 69.5 cm³/mol. The molecule has 1 aromatic carbocycles. The van der Waals surface area contributed by atoms with Crippen LogP contribution in [0.5, 0.6) is 11.5 Å². The molecule has 0 bridgehead atoms. The Labute approximate surface area is 107 Å². The van der Waals surface area contributed by atoms with Crippen LogP contribution in [-0.2, 0) is 0 Å². The van der Waals surface area contributed by atoms with E-state index in [1.165, 1.54) is 6.20 Å². The number of aromatic nitrogens is 1. The third-order valence-electron chi connectivity index (χ3n) is 2.10. The van der Waals surface area contributed by atoms with Crippen molar-refractivity contribution in [2.45, 2.75) is 0 Å². The molecular weight excluding hydrogens is 282 g/mol. The van der Waals surface area contributed by atoms with E-state index in [2.05, 4.69) is 20.9 Å². The van der Waals surface area contributed by atoms with Crippen LogP contribution in [0.4, 0.5) is 0 Å². The maximum atomic E-state index is 7.45. The van der Waals surface area contributed by atoms with Crippen molar-refractivity contribution in [3.63, 3.8) is 0 Å². The summed E-state index contributed by atoms with van der Waals surface area (Å²) in [5.41, 5.74) is 5.99. The Balaban J connectivity index is 2.33. The zero-order valence-corrected chi connectivity index (χ0v) is 10.4. The van der Waals surface area contributed by atoms with Gasteiger partial charge in [-0.2, -0.15) is 0 Å². The molecule has 2 rings (SSSR count). The fourth-order valence-corrected chi connectivity index (χ4v) is 1.72. The molecule has 0 aliphatic rings. The number of amidine groups is 1. The Morgan fingerprint density at radius 3 is 2.88 bits per heavy atom. The molecule has 17 heavy (non-hydrogen) atoms. The second-order valence-electron chi connectivity index (χ2n) is 3.34. The molecule has 1 heterocycles. The van der Waals surface area contributed by atoms with Gasteiger partial charge in [0.15, 0.2) is 5.75 Å². The van der Waals surface area contributed by atoms with Crippen molar-refractivity contribution in [1.82, 2.24) is 4.98 Å². The molecule has 86 valence electrons. The number of ether oxygens (including phenoxy) is 1. The molecule has 0 aliphatic carbocycles. The lowest BCUT2D eigenvalue weighted by molar-refractivity contribution is 0.479. The van der Waals surface area contributed by atoms with E-state index in [4.69, 9.17) is 15.9 Å². The fourth-order valence-electron chi connectivity index (χ4n) is 1.34. The molecule has 0 unspecified atom stereocenters. The van der Waals surface area contributed by atoms with Crippen LogP contribution in [0.15, 0.2) is 47.2 Å². The summed E-state index contributed by atoms with van der Waals surface area (Å²) in [5.74, 6) is 1.09. The first kappa shape index (κ1) is 11.6. The predicted octanol–water partition coefficient (Wildman–Crippen LogP) is 2.92. The highest BCUT2D eigenvalue weighted by Crippen LogP contribution is 2.26. The molecule has 5 heteroatoms. The van der Waals surface area contributed by atoms with Crippen LogP contribution in [0.25, 0.3) is 0 Å².